The van der Waals surface area contributed by atoms with E-state index in [2.05, 4.69) is 0 Å². The minimum Gasteiger partial charge on any atom is -0.388 e. The number of halogens is 1. The average Bonchev–Trinajstić information content (AvgIpc) is 2.93. The van der Waals surface area contributed by atoms with E-state index in [1.807, 2.05) is 25.1 Å². The largest absolute Gasteiger partial charge is 0.388 e. The van der Waals surface area contributed by atoms with Crippen LogP contribution in [0.3, 0.4) is 0 Å². The van der Waals surface area contributed by atoms with Crippen molar-refractivity contribution >= 4 is 11.6 Å². The molecule has 14 heavy (non-hydrogen) atoms. The normalized spacial score (nSPS) is 18.2. The number of hydrogen-bond donors (Lipinski definition) is 1. The minimum absolute atomic E-state index is 0.380. The molecule has 1 atom stereocenters. The van der Waals surface area contributed by atoms with Gasteiger partial charge >= 0.3 is 0 Å². The molecular formula is C12H15ClO. The summed E-state index contributed by atoms with van der Waals surface area (Å²) in [4.78, 5) is 0. The van der Waals surface area contributed by atoms with Gasteiger partial charge in [0.15, 0.2) is 0 Å². The second-order valence-electron chi connectivity index (χ2n) is 4.17. The van der Waals surface area contributed by atoms with Gasteiger partial charge in [0.1, 0.15) is 0 Å². The van der Waals surface area contributed by atoms with Crippen LogP contribution in [0.1, 0.15) is 36.5 Å². The summed E-state index contributed by atoms with van der Waals surface area (Å²) in [6.07, 6.45) is 3.01. The Morgan fingerprint density at radius 2 is 2.21 bits per heavy atom. The van der Waals surface area contributed by atoms with Crippen molar-refractivity contribution in [2.75, 3.05) is 0 Å². The van der Waals surface area contributed by atoms with Crippen molar-refractivity contribution in [3.05, 3.63) is 34.3 Å². The molecule has 1 N–H and O–H groups in total. The zero-order valence-electron chi connectivity index (χ0n) is 8.33. The van der Waals surface area contributed by atoms with E-state index in [1.54, 1.807) is 0 Å². The lowest BCUT2D eigenvalue weighted by atomic mass is 10.0. The van der Waals surface area contributed by atoms with Gasteiger partial charge in [-0.15, -0.1) is 0 Å². The summed E-state index contributed by atoms with van der Waals surface area (Å²) in [7, 11) is 0. The molecule has 1 aliphatic rings. The van der Waals surface area contributed by atoms with E-state index in [9.17, 15) is 5.11 Å². The first-order valence-electron chi connectivity index (χ1n) is 5.11. The molecule has 0 saturated heterocycles. The van der Waals surface area contributed by atoms with Crippen molar-refractivity contribution in [3.63, 3.8) is 0 Å². The molecule has 1 saturated carbocycles. The fourth-order valence-corrected chi connectivity index (χ4v) is 1.98. The first kappa shape index (κ1) is 10.0. The zero-order valence-corrected chi connectivity index (χ0v) is 9.09. The van der Waals surface area contributed by atoms with Crippen LogP contribution in [0.5, 0.6) is 0 Å². The third-order valence-electron chi connectivity index (χ3n) is 2.83. The molecule has 76 valence electrons. The number of rotatable bonds is 3. The molecule has 1 nitrogen and oxygen atoms in total. The summed E-state index contributed by atoms with van der Waals surface area (Å²) in [5, 5.41) is 10.7. The number of aliphatic hydroxyl groups is 1. The van der Waals surface area contributed by atoms with Crippen LogP contribution in [0.15, 0.2) is 18.2 Å². The maximum atomic E-state index is 9.95. The van der Waals surface area contributed by atoms with Crippen LogP contribution in [0.25, 0.3) is 0 Å². The van der Waals surface area contributed by atoms with Gasteiger partial charge in [-0.3, -0.25) is 0 Å². The summed E-state index contributed by atoms with van der Waals surface area (Å²) < 4.78 is 0. The molecule has 1 aliphatic carbocycles. The Balaban J connectivity index is 2.16. The van der Waals surface area contributed by atoms with E-state index < -0.39 is 0 Å². The Labute approximate surface area is 89.7 Å². The molecule has 1 fully saturated rings. The molecule has 0 aliphatic heterocycles. The molecule has 2 rings (SSSR count). The first-order chi connectivity index (χ1) is 6.68. The Kier molecular flexibility index (Phi) is 2.80. The van der Waals surface area contributed by atoms with Crippen LogP contribution in [0, 0.1) is 12.8 Å². The number of benzene rings is 1. The molecular weight excluding hydrogens is 196 g/mol. The Hall–Kier alpha value is -0.530. The Morgan fingerprint density at radius 3 is 2.86 bits per heavy atom. The van der Waals surface area contributed by atoms with Crippen LogP contribution >= 0.6 is 11.6 Å². The van der Waals surface area contributed by atoms with Gasteiger partial charge in [0.2, 0.25) is 0 Å². The molecule has 0 amide bonds. The van der Waals surface area contributed by atoms with Crippen molar-refractivity contribution in [2.45, 2.75) is 32.3 Å². The zero-order chi connectivity index (χ0) is 10.1. The van der Waals surface area contributed by atoms with Crippen LogP contribution < -0.4 is 0 Å². The van der Waals surface area contributed by atoms with Gasteiger partial charge in [0, 0.05) is 5.02 Å². The smallest absolute Gasteiger partial charge is 0.0807 e. The van der Waals surface area contributed by atoms with Crippen LogP contribution in [-0.2, 0) is 0 Å². The quantitative estimate of drug-likeness (QED) is 0.810. The second kappa shape index (κ2) is 3.92. The van der Waals surface area contributed by atoms with E-state index in [4.69, 9.17) is 11.6 Å². The second-order valence-corrected chi connectivity index (χ2v) is 4.55. The van der Waals surface area contributed by atoms with Gasteiger partial charge < -0.3 is 5.11 Å². The molecule has 0 radical (unpaired) electrons. The third-order valence-corrected chi connectivity index (χ3v) is 3.35. The van der Waals surface area contributed by atoms with Crippen LogP contribution in [0.2, 0.25) is 5.02 Å². The van der Waals surface area contributed by atoms with Gasteiger partial charge in [0.25, 0.3) is 0 Å². The van der Waals surface area contributed by atoms with E-state index in [-0.39, 0.29) is 6.10 Å². The number of aryl methyl sites for hydroxylation is 1. The highest BCUT2D eigenvalue weighted by Crippen LogP contribution is 2.39. The summed E-state index contributed by atoms with van der Waals surface area (Å²) in [5.74, 6) is 0.724. The predicted molar refractivity (Wildman–Crippen MR) is 58.5 cm³/mol. The molecule has 0 aromatic heterocycles. The lowest BCUT2D eigenvalue weighted by molar-refractivity contribution is 0.160. The summed E-state index contributed by atoms with van der Waals surface area (Å²) in [6, 6.07) is 5.84. The topological polar surface area (TPSA) is 20.2 Å². The summed E-state index contributed by atoms with van der Waals surface area (Å²) in [5.41, 5.74) is 1.93. The fraction of sp³-hybridized carbons (Fsp3) is 0.500. The molecule has 0 heterocycles. The highest BCUT2D eigenvalue weighted by molar-refractivity contribution is 6.32. The molecule has 1 unspecified atom stereocenters. The summed E-state index contributed by atoms with van der Waals surface area (Å²) >= 11 is 6.13. The van der Waals surface area contributed by atoms with Crippen molar-refractivity contribution in [1.29, 1.82) is 0 Å². The molecule has 1 aromatic carbocycles. The number of hydrogen-bond acceptors (Lipinski definition) is 1. The minimum atomic E-state index is -0.380. The van der Waals surface area contributed by atoms with Gasteiger partial charge in [0.05, 0.1) is 6.10 Å². The van der Waals surface area contributed by atoms with Gasteiger partial charge in [-0.1, -0.05) is 42.6 Å². The first-order valence-corrected chi connectivity index (χ1v) is 5.49. The van der Waals surface area contributed by atoms with Crippen LogP contribution in [0.4, 0.5) is 0 Å². The van der Waals surface area contributed by atoms with Crippen LogP contribution in [-0.4, -0.2) is 5.11 Å². The van der Waals surface area contributed by atoms with Crippen molar-refractivity contribution in [2.24, 2.45) is 5.92 Å². The lowest BCUT2D eigenvalue weighted by Crippen LogP contribution is -2.00. The predicted octanol–water partition coefficient (Wildman–Crippen LogP) is 3.48. The van der Waals surface area contributed by atoms with Crippen molar-refractivity contribution in [1.82, 2.24) is 0 Å². The highest BCUT2D eigenvalue weighted by atomic mass is 35.5. The fourth-order valence-electron chi connectivity index (χ4n) is 1.72. The standard InChI is InChI=1S/C12H15ClO/c1-8-3-2-4-10(12(8)13)11(14)7-9-5-6-9/h2-4,9,11,14H,5-7H2,1H3. The monoisotopic (exact) mass is 210 g/mol. The van der Waals surface area contributed by atoms with Gasteiger partial charge in [-0.2, -0.15) is 0 Å². The summed E-state index contributed by atoms with van der Waals surface area (Å²) in [6.45, 7) is 1.97. The Bertz CT molecular complexity index is 331. The van der Waals surface area contributed by atoms with Crippen molar-refractivity contribution in [3.8, 4) is 0 Å². The highest BCUT2D eigenvalue weighted by Gasteiger charge is 2.26. The lowest BCUT2D eigenvalue weighted by Gasteiger charge is -2.13. The van der Waals surface area contributed by atoms with E-state index >= 15 is 0 Å². The third kappa shape index (κ3) is 2.10. The van der Waals surface area contributed by atoms with Crippen molar-refractivity contribution < 1.29 is 5.11 Å². The SMILES string of the molecule is Cc1cccc(C(O)CC2CC2)c1Cl. The maximum absolute atomic E-state index is 9.95. The van der Waals surface area contributed by atoms with Gasteiger partial charge in [-0.05, 0) is 30.4 Å². The average molecular weight is 211 g/mol. The molecule has 2 heteroatoms. The maximum Gasteiger partial charge on any atom is 0.0807 e. The van der Waals surface area contributed by atoms with E-state index in [1.165, 1.54) is 12.8 Å². The number of aliphatic hydroxyl groups excluding tert-OH is 1. The Morgan fingerprint density at radius 1 is 1.50 bits per heavy atom. The molecule has 1 aromatic rings. The molecule has 0 bridgehead atoms. The van der Waals surface area contributed by atoms with E-state index in [0.29, 0.717) is 0 Å². The molecule has 0 spiro atoms. The van der Waals surface area contributed by atoms with E-state index in [0.717, 1.165) is 28.5 Å². The van der Waals surface area contributed by atoms with Gasteiger partial charge in [-0.25, -0.2) is 0 Å².